The fraction of sp³-hybridized carbons (Fsp3) is 0.500. The van der Waals surface area contributed by atoms with Crippen molar-refractivity contribution < 1.29 is 17.2 Å². The third-order valence-electron chi connectivity index (χ3n) is 3.44. The van der Waals surface area contributed by atoms with E-state index in [1.165, 1.54) is 0 Å². The van der Waals surface area contributed by atoms with Crippen molar-refractivity contribution in [3.63, 3.8) is 0 Å². The predicted molar refractivity (Wildman–Crippen MR) is 64.0 cm³/mol. The predicted octanol–water partition coefficient (Wildman–Crippen LogP) is 1.88. The molecule has 0 saturated heterocycles. The van der Waals surface area contributed by atoms with Gasteiger partial charge in [-0.3, -0.25) is 0 Å². The zero-order valence-electron chi connectivity index (χ0n) is 9.99. The quantitative estimate of drug-likeness (QED) is 0.857. The van der Waals surface area contributed by atoms with E-state index in [1.807, 2.05) is 0 Å². The standard InChI is InChI=1S/C12H15F2NO2S/c1-15-11-3-2-4-12(11)18(16,17)8-5-6-9(13)10(14)7-8/h5-7,11-12,15H,2-4H2,1H3. The van der Waals surface area contributed by atoms with Gasteiger partial charge in [0.15, 0.2) is 21.5 Å². The molecule has 0 aromatic heterocycles. The van der Waals surface area contributed by atoms with E-state index in [0.717, 1.165) is 31.0 Å². The van der Waals surface area contributed by atoms with Gasteiger partial charge in [0.05, 0.1) is 10.1 Å². The summed E-state index contributed by atoms with van der Waals surface area (Å²) in [5.74, 6) is -2.17. The second-order valence-electron chi connectivity index (χ2n) is 4.49. The molecule has 1 aromatic carbocycles. The summed E-state index contributed by atoms with van der Waals surface area (Å²) >= 11 is 0. The molecule has 2 atom stereocenters. The summed E-state index contributed by atoms with van der Waals surface area (Å²) < 4.78 is 50.6. The highest BCUT2D eigenvalue weighted by molar-refractivity contribution is 7.92. The Hall–Kier alpha value is -1.01. The number of hydrogen-bond donors (Lipinski definition) is 1. The zero-order chi connectivity index (χ0) is 13.3. The molecule has 1 aromatic rings. The van der Waals surface area contributed by atoms with E-state index in [-0.39, 0.29) is 10.9 Å². The van der Waals surface area contributed by atoms with Crippen LogP contribution in [0.5, 0.6) is 0 Å². The van der Waals surface area contributed by atoms with E-state index >= 15 is 0 Å². The van der Waals surface area contributed by atoms with Crippen LogP contribution < -0.4 is 5.32 Å². The van der Waals surface area contributed by atoms with Gasteiger partial charge in [-0.1, -0.05) is 6.42 Å². The molecule has 3 nitrogen and oxygen atoms in total. The maximum absolute atomic E-state index is 13.1. The summed E-state index contributed by atoms with van der Waals surface area (Å²) in [7, 11) is -1.90. The first kappa shape index (κ1) is 13.4. The first-order valence-electron chi connectivity index (χ1n) is 5.83. The van der Waals surface area contributed by atoms with Gasteiger partial charge in [-0.05, 0) is 38.1 Å². The van der Waals surface area contributed by atoms with Gasteiger partial charge in [0.25, 0.3) is 0 Å². The Balaban J connectivity index is 2.38. The average molecular weight is 275 g/mol. The maximum atomic E-state index is 13.1. The Bertz CT molecular complexity index is 545. The highest BCUT2D eigenvalue weighted by Gasteiger charge is 2.37. The third-order valence-corrected chi connectivity index (χ3v) is 5.71. The number of benzene rings is 1. The SMILES string of the molecule is CNC1CCCC1S(=O)(=O)c1ccc(F)c(F)c1. The van der Waals surface area contributed by atoms with E-state index < -0.39 is 26.7 Å². The molecule has 6 heteroatoms. The van der Waals surface area contributed by atoms with Crippen molar-refractivity contribution in [2.45, 2.75) is 35.4 Å². The lowest BCUT2D eigenvalue weighted by atomic mass is 10.2. The lowest BCUT2D eigenvalue weighted by Crippen LogP contribution is -2.38. The van der Waals surface area contributed by atoms with Crippen LogP contribution in [0.1, 0.15) is 19.3 Å². The van der Waals surface area contributed by atoms with Crippen LogP contribution in [0.4, 0.5) is 8.78 Å². The zero-order valence-corrected chi connectivity index (χ0v) is 10.8. The van der Waals surface area contributed by atoms with Crippen LogP contribution in [-0.4, -0.2) is 26.8 Å². The van der Waals surface area contributed by atoms with Gasteiger partial charge in [-0.25, -0.2) is 17.2 Å². The number of nitrogens with one attached hydrogen (secondary N) is 1. The highest BCUT2D eigenvalue weighted by atomic mass is 32.2. The van der Waals surface area contributed by atoms with Crippen LogP contribution in [0.2, 0.25) is 0 Å². The molecule has 1 fully saturated rings. The molecule has 2 unspecified atom stereocenters. The Labute approximate surface area is 105 Å². The van der Waals surface area contributed by atoms with Crippen LogP contribution in [0, 0.1) is 11.6 Å². The van der Waals surface area contributed by atoms with Gasteiger partial charge in [0.2, 0.25) is 0 Å². The van der Waals surface area contributed by atoms with Crippen molar-refractivity contribution in [1.29, 1.82) is 0 Å². The molecule has 18 heavy (non-hydrogen) atoms. The average Bonchev–Trinajstić information content (AvgIpc) is 2.81. The Morgan fingerprint density at radius 2 is 1.94 bits per heavy atom. The molecule has 0 spiro atoms. The molecule has 0 heterocycles. The van der Waals surface area contributed by atoms with Crippen LogP contribution in [-0.2, 0) is 9.84 Å². The fourth-order valence-corrected chi connectivity index (χ4v) is 4.51. The highest BCUT2D eigenvalue weighted by Crippen LogP contribution is 2.30. The molecular weight excluding hydrogens is 260 g/mol. The Morgan fingerprint density at radius 1 is 1.22 bits per heavy atom. The minimum atomic E-state index is -3.61. The van der Waals surface area contributed by atoms with Crippen molar-refractivity contribution in [2.75, 3.05) is 7.05 Å². The second-order valence-corrected chi connectivity index (χ2v) is 6.65. The van der Waals surface area contributed by atoms with Gasteiger partial charge in [-0.15, -0.1) is 0 Å². The minimum Gasteiger partial charge on any atom is -0.316 e. The van der Waals surface area contributed by atoms with Gasteiger partial charge >= 0.3 is 0 Å². The molecule has 1 N–H and O–H groups in total. The maximum Gasteiger partial charge on any atom is 0.182 e. The Morgan fingerprint density at radius 3 is 2.56 bits per heavy atom. The molecule has 0 radical (unpaired) electrons. The number of halogens is 2. The van der Waals surface area contributed by atoms with E-state index in [0.29, 0.717) is 6.42 Å². The monoisotopic (exact) mass is 275 g/mol. The van der Waals surface area contributed by atoms with Crippen molar-refractivity contribution in [1.82, 2.24) is 5.32 Å². The summed E-state index contributed by atoms with van der Waals surface area (Å²) in [6.45, 7) is 0. The first-order chi connectivity index (χ1) is 8.46. The second kappa shape index (κ2) is 4.93. The molecule has 100 valence electrons. The smallest absolute Gasteiger partial charge is 0.182 e. The van der Waals surface area contributed by atoms with Crippen molar-refractivity contribution in [2.24, 2.45) is 0 Å². The molecular formula is C12H15F2NO2S. The van der Waals surface area contributed by atoms with Crippen LogP contribution >= 0.6 is 0 Å². The van der Waals surface area contributed by atoms with Gasteiger partial charge in [-0.2, -0.15) is 0 Å². The largest absolute Gasteiger partial charge is 0.316 e. The molecule has 1 aliphatic rings. The first-order valence-corrected chi connectivity index (χ1v) is 7.37. The van der Waals surface area contributed by atoms with Gasteiger partial charge in [0, 0.05) is 6.04 Å². The van der Waals surface area contributed by atoms with Crippen LogP contribution in [0.25, 0.3) is 0 Å². The molecule has 1 aliphatic carbocycles. The molecule has 0 amide bonds. The van der Waals surface area contributed by atoms with Gasteiger partial charge in [0.1, 0.15) is 0 Å². The van der Waals surface area contributed by atoms with Crippen molar-refractivity contribution in [3.05, 3.63) is 29.8 Å². The molecule has 0 aliphatic heterocycles. The van der Waals surface area contributed by atoms with E-state index in [9.17, 15) is 17.2 Å². The van der Waals surface area contributed by atoms with E-state index in [4.69, 9.17) is 0 Å². The van der Waals surface area contributed by atoms with Crippen molar-refractivity contribution in [3.8, 4) is 0 Å². The topological polar surface area (TPSA) is 46.2 Å². The van der Waals surface area contributed by atoms with Crippen molar-refractivity contribution >= 4 is 9.84 Å². The van der Waals surface area contributed by atoms with Crippen LogP contribution in [0.15, 0.2) is 23.1 Å². The van der Waals surface area contributed by atoms with E-state index in [2.05, 4.69) is 5.32 Å². The minimum absolute atomic E-state index is 0.122. The van der Waals surface area contributed by atoms with Crippen LogP contribution in [0.3, 0.4) is 0 Å². The summed E-state index contributed by atoms with van der Waals surface area (Å²) in [6.07, 6.45) is 2.15. The number of rotatable bonds is 3. The summed E-state index contributed by atoms with van der Waals surface area (Å²) in [5, 5.41) is 2.41. The van der Waals surface area contributed by atoms with E-state index in [1.54, 1.807) is 7.05 Å². The lowest BCUT2D eigenvalue weighted by Gasteiger charge is -2.19. The Kier molecular flexibility index (Phi) is 3.68. The number of hydrogen-bond acceptors (Lipinski definition) is 3. The normalized spacial score (nSPS) is 24.4. The third kappa shape index (κ3) is 2.27. The summed E-state index contributed by atoms with van der Waals surface area (Å²) in [4.78, 5) is -0.145. The molecule has 0 bridgehead atoms. The summed E-state index contributed by atoms with van der Waals surface area (Å²) in [6, 6.07) is 2.61. The molecule has 1 saturated carbocycles. The van der Waals surface area contributed by atoms with Gasteiger partial charge < -0.3 is 5.32 Å². The lowest BCUT2D eigenvalue weighted by molar-refractivity contribution is 0.502. The number of sulfone groups is 1. The molecule has 2 rings (SSSR count). The summed E-state index contributed by atoms with van der Waals surface area (Å²) in [5.41, 5.74) is 0. The fourth-order valence-electron chi connectivity index (χ4n) is 2.46.